The van der Waals surface area contributed by atoms with E-state index in [1.807, 2.05) is 0 Å². The van der Waals surface area contributed by atoms with Crippen LogP contribution in [0.3, 0.4) is 0 Å². The zero-order valence-electron chi connectivity index (χ0n) is 13.4. The standard InChI is InChI=1S/C13H21N3O6S2/c1-2-10(16-5-3-4-11(16)17)12(18)14-13(19)21-6-8-23-24-9-7-22-15-20/h10H,2-9H2,1H3,(H,14,18,19)/t10-/m0/s1. The normalized spacial score (nSPS) is 15.0. The van der Waals surface area contributed by atoms with Gasteiger partial charge in [-0.15, -0.1) is 4.91 Å². The smallest absolute Gasteiger partial charge is 0.413 e. The molecule has 1 aliphatic heterocycles. The molecule has 0 aromatic rings. The number of hydrogen-bond acceptors (Lipinski definition) is 9. The van der Waals surface area contributed by atoms with Crippen molar-refractivity contribution in [3.8, 4) is 0 Å². The topological polar surface area (TPSA) is 114 Å². The summed E-state index contributed by atoms with van der Waals surface area (Å²) in [6.07, 6.45) is 0.798. The van der Waals surface area contributed by atoms with Gasteiger partial charge in [-0.3, -0.25) is 14.9 Å². The van der Waals surface area contributed by atoms with Crippen LogP contribution in [0.4, 0.5) is 4.79 Å². The molecule has 1 N–H and O–H groups in total. The number of carbonyl (C=O) groups is 3. The molecule has 0 aromatic carbocycles. The number of likely N-dealkylation sites (tertiary alicyclic amines) is 1. The minimum atomic E-state index is -0.816. The van der Waals surface area contributed by atoms with E-state index in [9.17, 15) is 19.3 Å². The molecule has 0 saturated carbocycles. The number of nitrogens with one attached hydrogen (secondary N) is 1. The number of carbonyl (C=O) groups excluding carboxylic acids is 3. The Morgan fingerprint density at radius 2 is 2.04 bits per heavy atom. The summed E-state index contributed by atoms with van der Waals surface area (Å²) in [4.78, 5) is 50.8. The van der Waals surface area contributed by atoms with Crippen molar-refractivity contribution in [3.63, 3.8) is 0 Å². The SMILES string of the molecule is CC[C@@H](C(=O)NC(=O)OCCSSCCON=O)N1CCCC1=O. The van der Waals surface area contributed by atoms with Gasteiger partial charge in [0.05, 0.1) is 0 Å². The van der Waals surface area contributed by atoms with Crippen LogP contribution < -0.4 is 5.32 Å². The molecule has 1 rings (SSSR count). The van der Waals surface area contributed by atoms with Crippen molar-refractivity contribution in [1.82, 2.24) is 10.2 Å². The van der Waals surface area contributed by atoms with Gasteiger partial charge in [0, 0.05) is 24.5 Å². The lowest BCUT2D eigenvalue weighted by Crippen LogP contribution is -2.48. The Morgan fingerprint density at radius 3 is 2.62 bits per heavy atom. The van der Waals surface area contributed by atoms with Crippen LogP contribution in [0.1, 0.15) is 26.2 Å². The van der Waals surface area contributed by atoms with Gasteiger partial charge in [-0.1, -0.05) is 28.5 Å². The summed E-state index contributed by atoms with van der Waals surface area (Å²) >= 11 is 0. The number of imide groups is 1. The molecule has 11 heteroatoms. The molecule has 3 amide bonds. The average molecular weight is 379 g/mol. The van der Waals surface area contributed by atoms with Crippen molar-refractivity contribution >= 4 is 39.5 Å². The molecule has 0 unspecified atom stereocenters. The second kappa shape index (κ2) is 12.0. The van der Waals surface area contributed by atoms with Crippen molar-refractivity contribution in [2.24, 2.45) is 5.34 Å². The summed E-state index contributed by atoms with van der Waals surface area (Å²) in [6.45, 7) is 2.70. The van der Waals surface area contributed by atoms with Crippen molar-refractivity contribution in [2.45, 2.75) is 32.2 Å². The van der Waals surface area contributed by atoms with Gasteiger partial charge < -0.3 is 14.5 Å². The van der Waals surface area contributed by atoms with Gasteiger partial charge in [0.25, 0.3) is 5.91 Å². The van der Waals surface area contributed by atoms with E-state index in [-0.39, 0.29) is 19.1 Å². The van der Waals surface area contributed by atoms with Crippen LogP contribution in [0.15, 0.2) is 5.34 Å². The van der Waals surface area contributed by atoms with Crippen LogP contribution in [0.25, 0.3) is 0 Å². The molecule has 0 aromatic heterocycles. The van der Waals surface area contributed by atoms with Crippen LogP contribution >= 0.6 is 21.6 Å². The number of ether oxygens (including phenoxy) is 1. The molecular formula is C13H21N3O6S2. The molecular weight excluding hydrogens is 358 g/mol. The highest BCUT2D eigenvalue weighted by atomic mass is 33.1. The van der Waals surface area contributed by atoms with Crippen molar-refractivity contribution < 1.29 is 24.0 Å². The molecule has 24 heavy (non-hydrogen) atoms. The number of hydrogen-bond donors (Lipinski definition) is 1. The van der Waals surface area contributed by atoms with Gasteiger partial charge in [0.1, 0.15) is 19.3 Å². The molecule has 136 valence electrons. The summed E-state index contributed by atoms with van der Waals surface area (Å²) in [5, 5.41) is 4.44. The van der Waals surface area contributed by atoms with E-state index in [1.54, 1.807) is 6.92 Å². The van der Waals surface area contributed by atoms with Gasteiger partial charge in [0.2, 0.25) is 5.91 Å². The van der Waals surface area contributed by atoms with E-state index >= 15 is 0 Å². The summed E-state index contributed by atoms with van der Waals surface area (Å²) in [7, 11) is 2.90. The number of nitrogens with zero attached hydrogens (tertiary/aromatic N) is 2. The number of amides is 3. The van der Waals surface area contributed by atoms with E-state index < -0.39 is 18.0 Å². The van der Waals surface area contributed by atoms with Gasteiger partial charge in [-0.2, -0.15) is 0 Å². The highest BCUT2D eigenvalue weighted by Gasteiger charge is 2.32. The Bertz CT molecular complexity index is 451. The van der Waals surface area contributed by atoms with E-state index in [1.165, 1.54) is 26.5 Å². The highest BCUT2D eigenvalue weighted by molar-refractivity contribution is 8.76. The van der Waals surface area contributed by atoms with Crippen LogP contribution in [-0.2, 0) is 19.2 Å². The fourth-order valence-corrected chi connectivity index (χ4v) is 3.81. The number of rotatable bonds is 11. The highest BCUT2D eigenvalue weighted by Crippen LogP contribution is 2.20. The average Bonchev–Trinajstić information content (AvgIpc) is 2.96. The maximum Gasteiger partial charge on any atom is 0.413 e. The fraction of sp³-hybridized carbons (Fsp3) is 0.769. The first-order valence-electron chi connectivity index (χ1n) is 7.56. The van der Waals surface area contributed by atoms with Gasteiger partial charge in [-0.25, -0.2) is 4.79 Å². The van der Waals surface area contributed by atoms with Crippen LogP contribution in [0.5, 0.6) is 0 Å². The van der Waals surface area contributed by atoms with Gasteiger partial charge in [-0.05, 0) is 12.8 Å². The number of alkyl carbamates (subject to hydrolysis) is 1. The van der Waals surface area contributed by atoms with Crippen LogP contribution in [0, 0.1) is 4.91 Å². The van der Waals surface area contributed by atoms with Crippen molar-refractivity contribution in [2.75, 3.05) is 31.3 Å². The van der Waals surface area contributed by atoms with E-state index in [0.29, 0.717) is 30.9 Å². The third kappa shape index (κ3) is 7.39. The van der Waals surface area contributed by atoms with Crippen LogP contribution in [-0.4, -0.2) is 60.1 Å². The van der Waals surface area contributed by atoms with Crippen molar-refractivity contribution in [1.29, 1.82) is 0 Å². The molecule has 0 bridgehead atoms. The summed E-state index contributed by atoms with van der Waals surface area (Å²) in [6, 6.07) is -0.635. The Hall–Kier alpha value is -1.49. The Morgan fingerprint density at radius 1 is 1.33 bits per heavy atom. The summed E-state index contributed by atoms with van der Waals surface area (Å²) in [5.41, 5.74) is 0. The molecule has 9 nitrogen and oxygen atoms in total. The van der Waals surface area contributed by atoms with Gasteiger partial charge in [0.15, 0.2) is 5.34 Å². The Balaban J connectivity index is 2.18. The maximum absolute atomic E-state index is 12.1. The molecule has 0 radical (unpaired) electrons. The van der Waals surface area contributed by atoms with Crippen molar-refractivity contribution in [3.05, 3.63) is 4.91 Å². The molecule has 0 aliphatic carbocycles. The van der Waals surface area contributed by atoms with E-state index in [2.05, 4.69) is 15.5 Å². The van der Waals surface area contributed by atoms with E-state index in [0.717, 1.165) is 6.42 Å². The third-order valence-electron chi connectivity index (χ3n) is 3.19. The summed E-state index contributed by atoms with van der Waals surface area (Å²) in [5.74, 6) is 0.539. The first kappa shape index (κ1) is 20.6. The fourth-order valence-electron chi connectivity index (χ4n) is 2.16. The monoisotopic (exact) mass is 379 g/mol. The summed E-state index contributed by atoms with van der Waals surface area (Å²) < 4.78 is 4.92. The lowest BCUT2D eigenvalue weighted by Gasteiger charge is -2.25. The predicted molar refractivity (Wildman–Crippen MR) is 91.2 cm³/mol. The maximum atomic E-state index is 12.1. The molecule has 1 fully saturated rings. The van der Waals surface area contributed by atoms with E-state index in [4.69, 9.17) is 4.74 Å². The molecule has 1 atom stereocenters. The lowest BCUT2D eigenvalue weighted by molar-refractivity contribution is -0.137. The van der Waals surface area contributed by atoms with Crippen LogP contribution in [0.2, 0.25) is 0 Å². The molecule has 1 aliphatic rings. The first-order chi connectivity index (χ1) is 11.6. The predicted octanol–water partition coefficient (Wildman–Crippen LogP) is 1.72. The Kier molecular flexibility index (Phi) is 10.2. The lowest BCUT2D eigenvalue weighted by atomic mass is 10.2. The Labute approximate surface area is 147 Å². The van der Waals surface area contributed by atoms with Gasteiger partial charge >= 0.3 is 6.09 Å². The minimum Gasteiger partial charge on any atom is -0.448 e. The third-order valence-corrected chi connectivity index (χ3v) is 5.53. The zero-order valence-corrected chi connectivity index (χ0v) is 15.0. The second-order valence-corrected chi connectivity index (χ2v) is 7.49. The molecule has 1 heterocycles. The largest absolute Gasteiger partial charge is 0.448 e. The quantitative estimate of drug-likeness (QED) is 0.250. The first-order valence-corrected chi connectivity index (χ1v) is 10.0. The molecule has 0 spiro atoms. The second-order valence-electron chi connectivity index (χ2n) is 4.79. The molecule has 1 saturated heterocycles. The zero-order chi connectivity index (χ0) is 17.8. The minimum absolute atomic E-state index is 0.0625.